The van der Waals surface area contributed by atoms with Gasteiger partial charge in [-0.25, -0.2) is 4.39 Å². The van der Waals surface area contributed by atoms with Crippen LogP contribution in [-0.2, 0) is 15.9 Å². The summed E-state index contributed by atoms with van der Waals surface area (Å²) in [5, 5.41) is 14.1. The highest BCUT2D eigenvalue weighted by molar-refractivity contribution is 7.86. The Bertz CT molecular complexity index is 728. The second-order valence-corrected chi connectivity index (χ2v) is 5.22. The summed E-state index contributed by atoms with van der Waals surface area (Å²) in [7, 11) is -4.22. The van der Waals surface area contributed by atoms with Crippen molar-refractivity contribution in [2.24, 2.45) is 0 Å². The van der Waals surface area contributed by atoms with E-state index in [1.165, 1.54) is 6.07 Å². The molecule has 1 aromatic carbocycles. The second-order valence-electron chi connectivity index (χ2n) is 3.65. The van der Waals surface area contributed by atoms with Crippen molar-refractivity contribution >= 4 is 15.8 Å². The van der Waals surface area contributed by atoms with Crippen LogP contribution in [0.4, 0.5) is 10.1 Å². The Morgan fingerprint density at radius 1 is 1.40 bits per heavy atom. The number of nitrogens with zero attached hydrogens (tertiary/aromatic N) is 2. The predicted octanol–water partition coefficient (Wildman–Crippen LogP) is 1.63. The lowest BCUT2D eigenvalue weighted by atomic mass is 10.3. The minimum absolute atomic E-state index is 0.0593. The lowest BCUT2D eigenvalue weighted by molar-refractivity contribution is -0.385. The van der Waals surface area contributed by atoms with Crippen LogP contribution in [0, 0.1) is 15.9 Å². The van der Waals surface area contributed by atoms with Gasteiger partial charge in [0.05, 0.1) is 4.92 Å². The first kappa shape index (κ1) is 13.9. The zero-order chi connectivity index (χ0) is 14.8. The smallest absolute Gasteiger partial charge is 0.315 e. The molecule has 10 heteroatoms. The second kappa shape index (κ2) is 5.25. The quantitative estimate of drug-likeness (QED) is 0.468. The van der Waals surface area contributed by atoms with Crippen LogP contribution in [0.25, 0.3) is 0 Å². The minimum atomic E-state index is -4.22. The molecule has 0 unspecified atom stereocenters. The summed E-state index contributed by atoms with van der Waals surface area (Å²) in [6.45, 7) is 0. The maximum Gasteiger partial charge on any atom is 0.315 e. The fraction of sp³-hybridized carbons (Fsp3) is 0.100. The van der Waals surface area contributed by atoms with Gasteiger partial charge in [0, 0.05) is 18.2 Å². The molecule has 0 aliphatic carbocycles. The number of benzene rings is 1. The Labute approximate surface area is 112 Å². The third kappa shape index (κ3) is 3.29. The molecule has 106 valence electrons. The lowest BCUT2D eigenvalue weighted by Gasteiger charge is -2.06. The van der Waals surface area contributed by atoms with Gasteiger partial charge in [-0.3, -0.25) is 10.1 Å². The number of hydrogen-bond acceptors (Lipinski definition) is 7. The normalized spacial score (nSPS) is 11.2. The van der Waals surface area contributed by atoms with Crippen LogP contribution in [0.5, 0.6) is 5.75 Å². The van der Waals surface area contributed by atoms with E-state index in [2.05, 4.69) is 13.9 Å². The van der Waals surface area contributed by atoms with Crippen molar-refractivity contribution in [2.45, 2.75) is 5.75 Å². The lowest BCUT2D eigenvalue weighted by Crippen LogP contribution is -2.13. The molecule has 1 heterocycles. The summed E-state index contributed by atoms with van der Waals surface area (Å²) in [4.78, 5) is 9.84. The maximum atomic E-state index is 13.0. The average molecular weight is 302 g/mol. The fourth-order valence-electron chi connectivity index (χ4n) is 1.36. The summed E-state index contributed by atoms with van der Waals surface area (Å²) in [6, 6.07) is 3.56. The van der Waals surface area contributed by atoms with Crippen LogP contribution < -0.4 is 4.18 Å². The van der Waals surface area contributed by atoms with Crippen molar-refractivity contribution < 1.29 is 26.4 Å². The van der Waals surface area contributed by atoms with E-state index in [4.69, 9.17) is 0 Å². The van der Waals surface area contributed by atoms with Gasteiger partial charge in [-0.15, -0.1) is 0 Å². The van der Waals surface area contributed by atoms with Crippen molar-refractivity contribution in [1.29, 1.82) is 0 Å². The highest BCUT2D eigenvalue weighted by atomic mass is 32.2. The molecule has 1 aromatic heterocycles. The summed E-state index contributed by atoms with van der Waals surface area (Å²) in [6.07, 6.45) is 1.16. The van der Waals surface area contributed by atoms with Crippen molar-refractivity contribution in [3.63, 3.8) is 0 Å². The zero-order valence-electron chi connectivity index (χ0n) is 9.72. The molecule has 0 fully saturated rings. The van der Waals surface area contributed by atoms with Gasteiger partial charge in [-0.1, -0.05) is 5.16 Å². The molecule has 0 aliphatic rings. The first-order valence-electron chi connectivity index (χ1n) is 5.13. The Morgan fingerprint density at radius 3 is 2.75 bits per heavy atom. The topological polar surface area (TPSA) is 113 Å². The van der Waals surface area contributed by atoms with E-state index in [0.29, 0.717) is 6.07 Å². The first-order valence-corrected chi connectivity index (χ1v) is 6.70. The number of aromatic nitrogens is 1. The SMILES string of the molecule is O=[N+]([O-])c1ccc(F)cc1OS(=O)(=O)Cc1ccon1. The van der Waals surface area contributed by atoms with Crippen molar-refractivity contribution in [3.05, 3.63) is 52.2 Å². The molecule has 0 atom stereocenters. The molecule has 20 heavy (non-hydrogen) atoms. The Hall–Kier alpha value is -2.49. The number of halogens is 1. The van der Waals surface area contributed by atoms with Gasteiger partial charge in [0.25, 0.3) is 0 Å². The monoisotopic (exact) mass is 302 g/mol. The molecule has 0 spiro atoms. The standard InChI is InChI=1S/C10H7FN2O6S/c11-7-1-2-9(13(14)15)10(5-7)19-20(16,17)6-8-3-4-18-12-8/h1-5H,6H2. The van der Waals surface area contributed by atoms with Crippen molar-refractivity contribution in [1.82, 2.24) is 5.16 Å². The van der Waals surface area contributed by atoms with Gasteiger partial charge >= 0.3 is 15.8 Å². The van der Waals surface area contributed by atoms with Gasteiger partial charge in [0.1, 0.15) is 23.5 Å². The molecule has 0 amide bonds. The molecule has 0 radical (unpaired) electrons. The van der Waals surface area contributed by atoms with Crippen LogP contribution in [-0.4, -0.2) is 18.5 Å². The maximum absolute atomic E-state index is 13.0. The number of nitro benzene ring substituents is 1. The van der Waals surface area contributed by atoms with Crippen molar-refractivity contribution in [2.75, 3.05) is 0 Å². The summed E-state index contributed by atoms with van der Waals surface area (Å²) >= 11 is 0. The zero-order valence-corrected chi connectivity index (χ0v) is 10.5. The minimum Gasteiger partial charge on any atom is -0.375 e. The van der Waals surface area contributed by atoms with Crippen LogP contribution in [0.1, 0.15) is 5.69 Å². The van der Waals surface area contributed by atoms with Crippen molar-refractivity contribution in [3.8, 4) is 5.75 Å². The molecule has 0 saturated carbocycles. The first-order chi connectivity index (χ1) is 9.37. The van der Waals surface area contributed by atoms with E-state index in [9.17, 15) is 22.9 Å². The molecule has 0 saturated heterocycles. The Balaban J connectivity index is 2.29. The van der Waals surface area contributed by atoms with Crippen LogP contribution >= 0.6 is 0 Å². The van der Waals surface area contributed by atoms with E-state index in [1.807, 2.05) is 0 Å². The van der Waals surface area contributed by atoms with Gasteiger partial charge in [-0.2, -0.15) is 8.42 Å². The fourth-order valence-corrected chi connectivity index (χ4v) is 2.34. The summed E-state index contributed by atoms with van der Waals surface area (Å²) < 4.78 is 45.5. The van der Waals surface area contributed by atoms with Gasteiger partial charge in [0.15, 0.2) is 0 Å². The molecule has 2 rings (SSSR count). The highest BCUT2D eigenvalue weighted by Crippen LogP contribution is 2.29. The van der Waals surface area contributed by atoms with Crippen LogP contribution in [0.2, 0.25) is 0 Å². The van der Waals surface area contributed by atoms with E-state index in [-0.39, 0.29) is 5.69 Å². The molecular weight excluding hydrogens is 295 g/mol. The Morgan fingerprint density at radius 2 is 2.15 bits per heavy atom. The average Bonchev–Trinajstić information content (AvgIpc) is 2.79. The highest BCUT2D eigenvalue weighted by Gasteiger charge is 2.23. The van der Waals surface area contributed by atoms with E-state index in [0.717, 1.165) is 18.4 Å². The summed E-state index contributed by atoms with van der Waals surface area (Å²) in [5.41, 5.74) is -0.598. The van der Waals surface area contributed by atoms with Gasteiger partial charge in [0.2, 0.25) is 5.75 Å². The van der Waals surface area contributed by atoms with Gasteiger partial charge in [-0.05, 0) is 6.07 Å². The molecule has 2 aromatic rings. The third-order valence-corrected chi connectivity index (χ3v) is 3.23. The van der Waals surface area contributed by atoms with E-state index in [1.54, 1.807) is 0 Å². The van der Waals surface area contributed by atoms with E-state index >= 15 is 0 Å². The largest absolute Gasteiger partial charge is 0.375 e. The van der Waals surface area contributed by atoms with Gasteiger partial charge < -0.3 is 8.71 Å². The molecule has 0 bridgehead atoms. The third-order valence-electron chi connectivity index (χ3n) is 2.15. The van der Waals surface area contributed by atoms with Crippen LogP contribution in [0.15, 0.2) is 35.1 Å². The van der Waals surface area contributed by atoms with Crippen LogP contribution in [0.3, 0.4) is 0 Å². The summed E-state index contributed by atoms with van der Waals surface area (Å²) in [5.74, 6) is -2.21. The Kier molecular flexibility index (Phi) is 3.66. The predicted molar refractivity (Wildman–Crippen MR) is 62.8 cm³/mol. The molecule has 8 nitrogen and oxygen atoms in total. The number of hydrogen-bond donors (Lipinski definition) is 0. The number of rotatable bonds is 5. The molecular formula is C10H7FN2O6S. The molecule has 0 aliphatic heterocycles. The van der Waals surface area contributed by atoms with E-state index < -0.39 is 38.0 Å². The number of nitro groups is 1. The molecule has 0 N–H and O–H groups in total.